The van der Waals surface area contributed by atoms with Crippen molar-refractivity contribution in [1.29, 1.82) is 0 Å². The standard InChI is InChI=1S/C15H20ClNO2/c1-10-7-8-12(9-10)17-15(18)11(2)19-14-6-4-3-5-13(14)16/h3-6,10-12H,7-9H2,1-2H3,(H,17,18). The molecule has 1 aliphatic carbocycles. The van der Waals surface area contributed by atoms with Gasteiger partial charge in [-0.1, -0.05) is 30.7 Å². The molecular formula is C15H20ClNO2. The molecule has 3 atom stereocenters. The monoisotopic (exact) mass is 281 g/mol. The molecule has 0 saturated heterocycles. The van der Waals surface area contributed by atoms with E-state index in [0.717, 1.165) is 12.8 Å². The first kappa shape index (κ1) is 14.2. The van der Waals surface area contributed by atoms with Crippen LogP contribution < -0.4 is 10.1 Å². The van der Waals surface area contributed by atoms with Crippen LogP contribution in [0.4, 0.5) is 0 Å². The zero-order valence-corrected chi connectivity index (χ0v) is 12.1. The number of benzene rings is 1. The number of carbonyl (C=O) groups is 1. The molecule has 104 valence electrons. The van der Waals surface area contributed by atoms with E-state index in [2.05, 4.69) is 12.2 Å². The predicted octanol–water partition coefficient (Wildman–Crippen LogP) is 3.41. The van der Waals surface area contributed by atoms with Crippen molar-refractivity contribution in [2.75, 3.05) is 0 Å². The molecule has 0 aliphatic heterocycles. The fraction of sp³-hybridized carbons (Fsp3) is 0.533. The highest BCUT2D eigenvalue weighted by Crippen LogP contribution is 2.26. The van der Waals surface area contributed by atoms with Gasteiger partial charge in [-0.15, -0.1) is 0 Å². The van der Waals surface area contributed by atoms with Crippen LogP contribution in [-0.4, -0.2) is 18.1 Å². The number of halogens is 1. The van der Waals surface area contributed by atoms with E-state index < -0.39 is 6.10 Å². The quantitative estimate of drug-likeness (QED) is 0.918. The lowest BCUT2D eigenvalue weighted by atomic mass is 10.1. The van der Waals surface area contributed by atoms with Gasteiger partial charge in [0.25, 0.3) is 5.91 Å². The summed E-state index contributed by atoms with van der Waals surface area (Å²) in [6.45, 7) is 3.97. The smallest absolute Gasteiger partial charge is 0.260 e. The van der Waals surface area contributed by atoms with Gasteiger partial charge in [-0.2, -0.15) is 0 Å². The maximum absolute atomic E-state index is 12.0. The molecule has 19 heavy (non-hydrogen) atoms. The normalized spacial score (nSPS) is 23.9. The van der Waals surface area contributed by atoms with Crippen LogP contribution in [0.25, 0.3) is 0 Å². The van der Waals surface area contributed by atoms with Gasteiger partial charge in [-0.3, -0.25) is 4.79 Å². The van der Waals surface area contributed by atoms with E-state index >= 15 is 0 Å². The SMILES string of the molecule is CC1CCC(NC(=O)C(C)Oc2ccccc2Cl)C1. The summed E-state index contributed by atoms with van der Waals surface area (Å²) >= 11 is 6.01. The van der Waals surface area contributed by atoms with Crippen molar-refractivity contribution in [1.82, 2.24) is 5.32 Å². The molecule has 0 aromatic heterocycles. The first-order valence-electron chi connectivity index (χ1n) is 6.78. The zero-order valence-electron chi connectivity index (χ0n) is 11.4. The Bertz CT molecular complexity index is 450. The van der Waals surface area contributed by atoms with Crippen LogP contribution in [0.15, 0.2) is 24.3 Å². The van der Waals surface area contributed by atoms with Gasteiger partial charge in [0.05, 0.1) is 5.02 Å². The Morgan fingerprint density at radius 2 is 2.16 bits per heavy atom. The summed E-state index contributed by atoms with van der Waals surface area (Å²) in [7, 11) is 0. The number of ether oxygens (including phenoxy) is 1. The molecule has 3 nitrogen and oxygen atoms in total. The summed E-state index contributed by atoms with van der Waals surface area (Å²) < 4.78 is 5.60. The molecule has 1 amide bonds. The van der Waals surface area contributed by atoms with Crippen molar-refractivity contribution in [3.63, 3.8) is 0 Å². The number of rotatable bonds is 4. The van der Waals surface area contributed by atoms with E-state index in [0.29, 0.717) is 22.7 Å². The van der Waals surface area contributed by atoms with E-state index in [1.807, 2.05) is 12.1 Å². The molecule has 1 aliphatic rings. The molecule has 1 fully saturated rings. The summed E-state index contributed by atoms with van der Waals surface area (Å²) in [4.78, 5) is 12.0. The topological polar surface area (TPSA) is 38.3 Å². The molecule has 4 heteroatoms. The molecule has 1 N–H and O–H groups in total. The molecule has 0 heterocycles. The van der Waals surface area contributed by atoms with Crippen molar-refractivity contribution in [3.05, 3.63) is 29.3 Å². The minimum absolute atomic E-state index is 0.0704. The third-order valence-corrected chi connectivity index (χ3v) is 3.86. The highest BCUT2D eigenvalue weighted by Gasteiger charge is 2.25. The van der Waals surface area contributed by atoms with Crippen LogP contribution >= 0.6 is 11.6 Å². The third kappa shape index (κ3) is 3.87. The second-order valence-electron chi connectivity index (χ2n) is 5.31. The van der Waals surface area contributed by atoms with Crippen LogP contribution in [0.2, 0.25) is 5.02 Å². The Morgan fingerprint density at radius 1 is 1.42 bits per heavy atom. The molecule has 2 rings (SSSR count). The highest BCUT2D eigenvalue weighted by atomic mass is 35.5. The first-order valence-corrected chi connectivity index (χ1v) is 7.15. The van der Waals surface area contributed by atoms with Crippen molar-refractivity contribution >= 4 is 17.5 Å². The van der Waals surface area contributed by atoms with Gasteiger partial charge in [0.1, 0.15) is 5.75 Å². The van der Waals surface area contributed by atoms with Crippen LogP contribution in [0.5, 0.6) is 5.75 Å². The number of hydrogen-bond acceptors (Lipinski definition) is 2. The van der Waals surface area contributed by atoms with Crippen LogP contribution in [0.3, 0.4) is 0 Å². The van der Waals surface area contributed by atoms with Crippen molar-refractivity contribution in [2.45, 2.75) is 45.3 Å². The van der Waals surface area contributed by atoms with Crippen molar-refractivity contribution in [3.8, 4) is 5.75 Å². The van der Waals surface area contributed by atoms with E-state index in [9.17, 15) is 4.79 Å². The second kappa shape index (κ2) is 6.29. The van der Waals surface area contributed by atoms with Crippen molar-refractivity contribution < 1.29 is 9.53 Å². The Labute approximate surface area is 119 Å². The first-order chi connectivity index (χ1) is 9.06. The zero-order chi connectivity index (χ0) is 13.8. The fourth-order valence-electron chi connectivity index (χ4n) is 2.44. The largest absolute Gasteiger partial charge is 0.479 e. The van der Waals surface area contributed by atoms with Gasteiger partial charge >= 0.3 is 0 Å². The lowest BCUT2D eigenvalue weighted by Gasteiger charge is -2.18. The summed E-state index contributed by atoms with van der Waals surface area (Å²) in [6.07, 6.45) is 2.77. The average Bonchev–Trinajstić information content (AvgIpc) is 2.77. The molecule has 0 radical (unpaired) electrons. The Morgan fingerprint density at radius 3 is 2.79 bits per heavy atom. The summed E-state index contributed by atoms with van der Waals surface area (Å²) in [5, 5.41) is 3.57. The predicted molar refractivity (Wildman–Crippen MR) is 76.5 cm³/mol. The molecule has 1 aromatic carbocycles. The number of carbonyl (C=O) groups excluding carboxylic acids is 1. The van der Waals surface area contributed by atoms with Gasteiger partial charge in [0.2, 0.25) is 0 Å². The third-order valence-electron chi connectivity index (χ3n) is 3.55. The number of nitrogens with one attached hydrogen (secondary N) is 1. The molecule has 1 saturated carbocycles. The second-order valence-corrected chi connectivity index (χ2v) is 5.72. The maximum atomic E-state index is 12.0. The summed E-state index contributed by atoms with van der Waals surface area (Å²) in [5.41, 5.74) is 0. The van der Waals surface area contributed by atoms with E-state index in [1.54, 1.807) is 19.1 Å². The van der Waals surface area contributed by atoms with E-state index in [1.165, 1.54) is 6.42 Å². The molecule has 0 spiro atoms. The Hall–Kier alpha value is -1.22. The summed E-state index contributed by atoms with van der Waals surface area (Å²) in [6, 6.07) is 7.48. The van der Waals surface area contributed by atoms with Crippen LogP contribution in [0.1, 0.15) is 33.1 Å². The average molecular weight is 282 g/mol. The molecular weight excluding hydrogens is 262 g/mol. The molecule has 0 bridgehead atoms. The molecule has 1 aromatic rings. The van der Waals surface area contributed by atoms with Gasteiger partial charge < -0.3 is 10.1 Å². The van der Waals surface area contributed by atoms with Crippen LogP contribution in [-0.2, 0) is 4.79 Å². The van der Waals surface area contributed by atoms with Gasteiger partial charge in [-0.05, 0) is 44.2 Å². The Kier molecular flexibility index (Phi) is 4.70. The van der Waals surface area contributed by atoms with E-state index in [-0.39, 0.29) is 5.91 Å². The minimum atomic E-state index is -0.532. The number of amides is 1. The lowest BCUT2D eigenvalue weighted by molar-refractivity contribution is -0.127. The van der Waals surface area contributed by atoms with Gasteiger partial charge in [0, 0.05) is 6.04 Å². The summed E-state index contributed by atoms with van der Waals surface area (Å²) in [5.74, 6) is 1.18. The van der Waals surface area contributed by atoms with Crippen LogP contribution in [0, 0.1) is 5.92 Å². The Balaban J connectivity index is 1.87. The number of hydrogen-bond donors (Lipinski definition) is 1. The van der Waals surface area contributed by atoms with Gasteiger partial charge in [0.15, 0.2) is 6.10 Å². The molecule has 3 unspecified atom stereocenters. The highest BCUT2D eigenvalue weighted by molar-refractivity contribution is 6.32. The van der Waals surface area contributed by atoms with E-state index in [4.69, 9.17) is 16.3 Å². The van der Waals surface area contributed by atoms with Crippen molar-refractivity contribution in [2.24, 2.45) is 5.92 Å². The minimum Gasteiger partial charge on any atom is -0.479 e. The number of para-hydroxylation sites is 1. The van der Waals surface area contributed by atoms with Gasteiger partial charge in [-0.25, -0.2) is 0 Å². The maximum Gasteiger partial charge on any atom is 0.260 e. The lowest BCUT2D eigenvalue weighted by Crippen LogP contribution is -2.41. The fourth-order valence-corrected chi connectivity index (χ4v) is 2.62.